The highest BCUT2D eigenvalue weighted by Crippen LogP contribution is 2.38. The van der Waals surface area contributed by atoms with Crippen molar-refractivity contribution in [2.45, 2.75) is 6.61 Å². The standard InChI is InChI=1S/C24H21N3O3/c1-26-11-17(15-6-4-5-7-19(15)26)21-22(24(29)25-23(21)28)18-12-27(2)20-10-14(13-30-3)8-9-16(18)20/h4-12H,13H2,1-3H3,(H,25,28,29). The molecule has 1 aliphatic heterocycles. The smallest absolute Gasteiger partial charge is 0.259 e. The molecule has 6 heteroatoms. The van der Waals surface area contributed by atoms with Crippen LogP contribution in [0.25, 0.3) is 33.0 Å². The largest absolute Gasteiger partial charge is 0.380 e. The molecule has 0 saturated heterocycles. The summed E-state index contributed by atoms with van der Waals surface area (Å²) in [6.07, 6.45) is 3.83. The van der Waals surface area contributed by atoms with Crippen LogP contribution in [-0.4, -0.2) is 28.1 Å². The van der Waals surface area contributed by atoms with E-state index < -0.39 is 0 Å². The first-order chi connectivity index (χ1) is 14.5. The van der Waals surface area contributed by atoms with Gasteiger partial charge in [-0.25, -0.2) is 0 Å². The number of carbonyl (C=O) groups is 2. The number of nitrogens with one attached hydrogen (secondary N) is 1. The minimum atomic E-state index is -0.364. The summed E-state index contributed by atoms with van der Waals surface area (Å²) in [4.78, 5) is 25.8. The van der Waals surface area contributed by atoms with Crippen molar-refractivity contribution in [1.82, 2.24) is 14.5 Å². The Labute approximate surface area is 173 Å². The van der Waals surface area contributed by atoms with Crippen LogP contribution in [0.3, 0.4) is 0 Å². The number of rotatable bonds is 4. The number of carbonyl (C=O) groups excluding carboxylic acids is 2. The van der Waals surface area contributed by atoms with E-state index in [4.69, 9.17) is 4.74 Å². The number of imide groups is 1. The number of aryl methyl sites for hydroxylation is 2. The molecule has 0 spiro atoms. The van der Waals surface area contributed by atoms with Gasteiger partial charge >= 0.3 is 0 Å². The van der Waals surface area contributed by atoms with E-state index in [0.717, 1.165) is 38.5 Å². The second kappa shape index (κ2) is 6.71. The highest BCUT2D eigenvalue weighted by Gasteiger charge is 2.35. The predicted molar refractivity (Wildman–Crippen MR) is 117 cm³/mol. The third-order valence-electron chi connectivity index (χ3n) is 5.73. The van der Waals surface area contributed by atoms with E-state index in [0.29, 0.717) is 17.8 Å². The average molecular weight is 399 g/mol. The molecule has 0 bridgehead atoms. The van der Waals surface area contributed by atoms with Gasteiger partial charge in [0.25, 0.3) is 11.8 Å². The number of benzene rings is 2. The first kappa shape index (κ1) is 18.4. The van der Waals surface area contributed by atoms with Crippen molar-refractivity contribution in [1.29, 1.82) is 0 Å². The summed E-state index contributed by atoms with van der Waals surface area (Å²) in [5.41, 5.74) is 5.40. The van der Waals surface area contributed by atoms with Gasteiger partial charge in [-0.15, -0.1) is 0 Å². The number of para-hydroxylation sites is 1. The highest BCUT2D eigenvalue weighted by atomic mass is 16.5. The lowest BCUT2D eigenvalue weighted by Gasteiger charge is -2.04. The molecule has 30 heavy (non-hydrogen) atoms. The molecule has 5 rings (SSSR count). The van der Waals surface area contributed by atoms with Gasteiger partial charge in [0.15, 0.2) is 0 Å². The summed E-state index contributed by atoms with van der Waals surface area (Å²) in [7, 11) is 5.54. The van der Waals surface area contributed by atoms with E-state index in [1.165, 1.54) is 0 Å². The van der Waals surface area contributed by atoms with Gasteiger partial charge in [-0.3, -0.25) is 14.9 Å². The molecule has 0 unspecified atom stereocenters. The molecule has 0 fully saturated rings. The van der Waals surface area contributed by atoms with Crippen molar-refractivity contribution < 1.29 is 14.3 Å². The Morgan fingerprint density at radius 2 is 1.43 bits per heavy atom. The second-order valence-corrected chi connectivity index (χ2v) is 7.64. The molecule has 2 amide bonds. The van der Waals surface area contributed by atoms with Gasteiger partial charge < -0.3 is 13.9 Å². The Hall–Kier alpha value is -3.64. The quantitative estimate of drug-likeness (QED) is 0.535. The lowest BCUT2D eigenvalue weighted by atomic mass is 9.95. The topological polar surface area (TPSA) is 65.3 Å². The van der Waals surface area contributed by atoms with E-state index in [2.05, 4.69) is 11.4 Å². The van der Waals surface area contributed by atoms with Gasteiger partial charge in [0.2, 0.25) is 0 Å². The summed E-state index contributed by atoms with van der Waals surface area (Å²) in [6, 6.07) is 13.9. The molecule has 2 aromatic heterocycles. The van der Waals surface area contributed by atoms with E-state index >= 15 is 0 Å². The van der Waals surface area contributed by atoms with Crippen LogP contribution in [0.4, 0.5) is 0 Å². The third kappa shape index (κ3) is 2.61. The van der Waals surface area contributed by atoms with Crippen LogP contribution in [0.1, 0.15) is 16.7 Å². The second-order valence-electron chi connectivity index (χ2n) is 7.64. The molecule has 4 aromatic rings. The van der Waals surface area contributed by atoms with Gasteiger partial charge in [0.05, 0.1) is 17.8 Å². The monoisotopic (exact) mass is 399 g/mol. The number of amides is 2. The molecule has 150 valence electrons. The first-order valence-corrected chi connectivity index (χ1v) is 9.71. The molecule has 0 aliphatic carbocycles. The first-order valence-electron chi connectivity index (χ1n) is 9.71. The lowest BCUT2D eigenvalue weighted by Crippen LogP contribution is -2.22. The molecular weight excluding hydrogens is 378 g/mol. The minimum absolute atomic E-state index is 0.362. The van der Waals surface area contributed by atoms with Crippen molar-refractivity contribution in [3.8, 4) is 0 Å². The number of aromatic nitrogens is 2. The van der Waals surface area contributed by atoms with Crippen LogP contribution in [-0.2, 0) is 35.0 Å². The molecule has 1 N–H and O–H groups in total. The number of hydrogen-bond acceptors (Lipinski definition) is 3. The third-order valence-corrected chi connectivity index (χ3v) is 5.73. The van der Waals surface area contributed by atoms with Crippen LogP contribution >= 0.6 is 0 Å². The Balaban J connectivity index is 1.80. The summed E-state index contributed by atoms with van der Waals surface area (Å²) in [6.45, 7) is 0.513. The number of methoxy groups -OCH3 is 1. The van der Waals surface area contributed by atoms with E-state index in [1.807, 2.05) is 72.0 Å². The Bertz CT molecular complexity index is 1390. The van der Waals surface area contributed by atoms with E-state index in [-0.39, 0.29) is 11.8 Å². The van der Waals surface area contributed by atoms with Crippen LogP contribution in [0.5, 0.6) is 0 Å². The predicted octanol–water partition coefficient (Wildman–Crippen LogP) is 3.38. The molecule has 0 radical (unpaired) electrons. The Kier molecular flexibility index (Phi) is 4.11. The maximum absolute atomic E-state index is 12.9. The lowest BCUT2D eigenvalue weighted by molar-refractivity contribution is -0.122. The van der Waals surface area contributed by atoms with Crippen LogP contribution in [0, 0.1) is 0 Å². The number of fused-ring (bicyclic) bond motifs is 2. The Morgan fingerprint density at radius 3 is 2.10 bits per heavy atom. The van der Waals surface area contributed by atoms with Gasteiger partial charge in [-0.2, -0.15) is 0 Å². The molecular formula is C24H21N3O3. The maximum atomic E-state index is 12.9. The number of hydrogen-bond donors (Lipinski definition) is 1. The van der Waals surface area contributed by atoms with Crippen LogP contribution < -0.4 is 5.32 Å². The van der Waals surface area contributed by atoms with E-state index in [1.54, 1.807) is 7.11 Å². The molecule has 6 nitrogen and oxygen atoms in total. The zero-order valence-corrected chi connectivity index (χ0v) is 17.0. The molecule has 3 heterocycles. The van der Waals surface area contributed by atoms with E-state index in [9.17, 15) is 9.59 Å². The molecule has 2 aromatic carbocycles. The fourth-order valence-electron chi connectivity index (χ4n) is 4.40. The number of nitrogens with zero attached hydrogens (tertiary/aromatic N) is 2. The van der Waals surface area contributed by atoms with Crippen molar-refractivity contribution >= 4 is 44.8 Å². The zero-order chi connectivity index (χ0) is 21.0. The summed E-state index contributed by atoms with van der Waals surface area (Å²) >= 11 is 0. The summed E-state index contributed by atoms with van der Waals surface area (Å²) < 4.78 is 9.20. The molecule has 1 aliphatic rings. The maximum Gasteiger partial charge on any atom is 0.259 e. The average Bonchev–Trinajstić information content (AvgIpc) is 3.33. The number of ether oxygens (including phenoxy) is 1. The summed E-state index contributed by atoms with van der Waals surface area (Å²) in [5, 5.41) is 4.37. The fourth-order valence-corrected chi connectivity index (χ4v) is 4.40. The van der Waals surface area contributed by atoms with Gasteiger partial charge in [-0.1, -0.05) is 30.3 Å². The molecule has 0 atom stereocenters. The van der Waals surface area contributed by atoms with Gasteiger partial charge in [-0.05, 0) is 17.7 Å². The van der Waals surface area contributed by atoms with Crippen molar-refractivity contribution in [3.63, 3.8) is 0 Å². The molecule has 0 saturated carbocycles. The zero-order valence-electron chi connectivity index (χ0n) is 17.0. The van der Waals surface area contributed by atoms with Crippen molar-refractivity contribution in [2.24, 2.45) is 14.1 Å². The minimum Gasteiger partial charge on any atom is -0.380 e. The highest BCUT2D eigenvalue weighted by molar-refractivity contribution is 6.50. The Morgan fingerprint density at radius 1 is 0.833 bits per heavy atom. The van der Waals surface area contributed by atoms with Crippen LogP contribution in [0.15, 0.2) is 54.9 Å². The van der Waals surface area contributed by atoms with Crippen molar-refractivity contribution in [3.05, 3.63) is 71.5 Å². The summed E-state index contributed by atoms with van der Waals surface area (Å²) in [5.74, 6) is -0.726. The van der Waals surface area contributed by atoms with Crippen LogP contribution in [0.2, 0.25) is 0 Å². The fraction of sp³-hybridized carbons (Fsp3) is 0.167. The normalized spacial score (nSPS) is 14.4. The van der Waals surface area contributed by atoms with Crippen molar-refractivity contribution in [2.75, 3.05) is 7.11 Å². The SMILES string of the molecule is COCc1ccc2c(C3=C(c4cn(C)c5ccccc45)C(=O)NC3=O)cn(C)c2c1. The van der Waals surface area contributed by atoms with Gasteiger partial charge in [0.1, 0.15) is 0 Å². The van der Waals surface area contributed by atoms with Gasteiger partial charge in [0, 0.05) is 66.5 Å².